The highest BCUT2D eigenvalue weighted by Gasteiger charge is 2.13. The van der Waals surface area contributed by atoms with Gasteiger partial charge in [-0.15, -0.1) is 11.6 Å². The van der Waals surface area contributed by atoms with Crippen molar-refractivity contribution in [2.75, 3.05) is 5.88 Å². The first kappa shape index (κ1) is 14.4. The minimum absolute atomic E-state index is 0.140. The van der Waals surface area contributed by atoms with E-state index in [2.05, 4.69) is 0 Å². The van der Waals surface area contributed by atoms with E-state index in [9.17, 15) is 4.39 Å². The van der Waals surface area contributed by atoms with Crippen molar-refractivity contribution in [3.8, 4) is 0 Å². The Labute approximate surface area is 123 Å². The highest BCUT2D eigenvalue weighted by molar-refractivity contribution is 6.30. The van der Waals surface area contributed by atoms with E-state index < -0.39 is 0 Å². The predicted molar refractivity (Wildman–Crippen MR) is 79.8 cm³/mol. The summed E-state index contributed by atoms with van der Waals surface area (Å²) >= 11 is 12.1. The number of hydrogen-bond acceptors (Lipinski definition) is 0. The maximum absolute atomic E-state index is 13.3. The third kappa shape index (κ3) is 3.71. The van der Waals surface area contributed by atoms with Crippen LogP contribution in [0.1, 0.15) is 22.6 Å². The van der Waals surface area contributed by atoms with Crippen LogP contribution in [0.2, 0.25) is 5.02 Å². The fraction of sp³-hybridized carbons (Fsp3) is 0.250. The molecule has 100 valence electrons. The van der Waals surface area contributed by atoms with Gasteiger partial charge in [0.25, 0.3) is 0 Å². The zero-order valence-corrected chi connectivity index (χ0v) is 12.2. The first-order chi connectivity index (χ1) is 9.10. The van der Waals surface area contributed by atoms with Crippen LogP contribution in [0, 0.1) is 12.7 Å². The summed E-state index contributed by atoms with van der Waals surface area (Å²) < 4.78 is 13.3. The second kappa shape index (κ2) is 6.40. The average molecular weight is 297 g/mol. The second-order valence-corrected chi connectivity index (χ2v) is 5.43. The van der Waals surface area contributed by atoms with E-state index in [-0.39, 0.29) is 11.7 Å². The molecule has 2 aromatic carbocycles. The number of rotatable bonds is 4. The molecular weight excluding hydrogens is 282 g/mol. The Hall–Kier alpha value is -1.05. The van der Waals surface area contributed by atoms with E-state index >= 15 is 0 Å². The Morgan fingerprint density at radius 3 is 2.63 bits per heavy atom. The standard InChI is InChI=1S/C16H15Cl2F/c1-11-5-6-16(19)9-13(11)7-14(10-17)12-3-2-4-15(18)8-12/h2-6,8-9,14H,7,10H2,1H3. The summed E-state index contributed by atoms with van der Waals surface area (Å²) in [4.78, 5) is 0. The molecule has 0 saturated carbocycles. The monoisotopic (exact) mass is 296 g/mol. The van der Waals surface area contributed by atoms with Crippen molar-refractivity contribution in [3.05, 3.63) is 70.0 Å². The van der Waals surface area contributed by atoms with Crippen LogP contribution in [0.25, 0.3) is 0 Å². The topological polar surface area (TPSA) is 0 Å². The van der Waals surface area contributed by atoms with E-state index in [1.165, 1.54) is 6.07 Å². The Morgan fingerprint density at radius 1 is 1.16 bits per heavy atom. The van der Waals surface area contributed by atoms with Crippen LogP contribution < -0.4 is 0 Å². The van der Waals surface area contributed by atoms with Crippen molar-refractivity contribution in [2.24, 2.45) is 0 Å². The van der Waals surface area contributed by atoms with Gasteiger partial charge >= 0.3 is 0 Å². The van der Waals surface area contributed by atoms with E-state index in [1.54, 1.807) is 12.1 Å². The van der Waals surface area contributed by atoms with Gasteiger partial charge < -0.3 is 0 Å². The Morgan fingerprint density at radius 2 is 1.95 bits per heavy atom. The third-order valence-electron chi connectivity index (χ3n) is 3.28. The number of alkyl halides is 1. The van der Waals surface area contributed by atoms with Gasteiger partial charge in [-0.1, -0.05) is 29.8 Å². The average Bonchev–Trinajstić information content (AvgIpc) is 2.39. The van der Waals surface area contributed by atoms with Crippen molar-refractivity contribution >= 4 is 23.2 Å². The molecule has 2 rings (SSSR count). The lowest BCUT2D eigenvalue weighted by Crippen LogP contribution is -2.06. The fourth-order valence-corrected chi connectivity index (χ4v) is 2.63. The largest absolute Gasteiger partial charge is 0.207 e. The van der Waals surface area contributed by atoms with Crippen LogP contribution in [-0.2, 0) is 6.42 Å². The minimum atomic E-state index is -0.208. The lowest BCUT2D eigenvalue weighted by molar-refractivity contribution is 0.622. The zero-order chi connectivity index (χ0) is 13.8. The lowest BCUT2D eigenvalue weighted by Gasteiger charge is -2.16. The molecule has 0 saturated heterocycles. The van der Waals surface area contributed by atoms with Gasteiger partial charge in [0.2, 0.25) is 0 Å². The first-order valence-corrected chi connectivity index (χ1v) is 7.08. The molecule has 0 amide bonds. The van der Waals surface area contributed by atoms with Crippen molar-refractivity contribution in [3.63, 3.8) is 0 Å². The molecule has 0 nitrogen and oxygen atoms in total. The van der Waals surface area contributed by atoms with Gasteiger partial charge in [0.1, 0.15) is 5.82 Å². The van der Waals surface area contributed by atoms with Crippen molar-refractivity contribution < 1.29 is 4.39 Å². The molecule has 3 heteroatoms. The summed E-state index contributed by atoms with van der Waals surface area (Å²) in [6.07, 6.45) is 0.716. The quantitative estimate of drug-likeness (QED) is 0.667. The predicted octanol–water partition coefficient (Wildman–Crippen LogP) is 5.35. The van der Waals surface area contributed by atoms with Gasteiger partial charge in [-0.25, -0.2) is 4.39 Å². The molecule has 0 aliphatic heterocycles. The Kier molecular flexibility index (Phi) is 4.84. The van der Waals surface area contributed by atoms with Crippen LogP contribution in [0.4, 0.5) is 4.39 Å². The summed E-state index contributed by atoms with van der Waals surface area (Å²) in [5.74, 6) is 0.414. The molecular formula is C16H15Cl2F. The summed E-state index contributed by atoms with van der Waals surface area (Å²) in [6, 6.07) is 12.5. The highest BCUT2D eigenvalue weighted by Crippen LogP contribution is 2.26. The molecule has 0 N–H and O–H groups in total. The molecule has 1 unspecified atom stereocenters. The van der Waals surface area contributed by atoms with Gasteiger partial charge in [-0.3, -0.25) is 0 Å². The molecule has 0 aliphatic rings. The van der Waals surface area contributed by atoms with Crippen LogP contribution >= 0.6 is 23.2 Å². The first-order valence-electron chi connectivity index (χ1n) is 6.16. The Balaban J connectivity index is 2.26. The van der Waals surface area contributed by atoms with Crippen molar-refractivity contribution in [1.29, 1.82) is 0 Å². The number of benzene rings is 2. The van der Waals surface area contributed by atoms with Crippen LogP contribution in [0.5, 0.6) is 0 Å². The molecule has 2 aromatic rings. The maximum Gasteiger partial charge on any atom is 0.123 e. The number of halogens is 3. The van der Waals surface area contributed by atoms with E-state index in [1.807, 2.05) is 31.2 Å². The molecule has 0 spiro atoms. The fourth-order valence-electron chi connectivity index (χ4n) is 2.15. The summed E-state index contributed by atoms with van der Waals surface area (Å²) in [5.41, 5.74) is 3.16. The van der Waals surface area contributed by atoms with E-state index in [0.717, 1.165) is 16.7 Å². The maximum atomic E-state index is 13.3. The second-order valence-electron chi connectivity index (χ2n) is 4.68. The highest BCUT2D eigenvalue weighted by atomic mass is 35.5. The van der Waals surface area contributed by atoms with Gasteiger partial charge in [-0.2, -0.15) is 0 Å². The molecule has 1 atom stereocenters. The van der Waals surface area contributed by atoms with Crippen molar-refractivity contribution in [1.82, 2.24) is 0 Å². The number of hydrogen-bond donors (Lipinski definition) is 0. The SMILES string of the molecule is Cc1ccc(F)cc1CC(CCl)c1cccc(Cl)c1. The molecule has 0 radical (unpaired) electrons. The summed E-state index contributed by atoms with van der Waals surface area (Å²) in [7, 11) is 0. The van der Waals surface area contributed by atoms with E-state index in [4.69, 9.17) is 23.2 Å². The minimum Gasteiger partial charge on any atom is -0.207 e. The van der Waals surface area contributed by atoms with Crippen LogP contribution in [0.15, 0.2) is 42.5 Å². The van der Waals surface area contributed by atoms with Crippen molar-refractivity contribution in [2.45, 2.75) is 19.3 Å². The van der Waals surface area contributed by atoms with E-state index in [0.29, 0.717) is 17.3 Å². The van der Waals surface area contributed by atoms with Gasteiger partial charge in [0.15, 0.2) is 0 Å². The molecule has 0 aromatic heterocycles. The number of aryl methyl sites for hydroxylation is 1. The van der Waals surface area contributed by atoms with Gasteiger partial charge in [0.05, 0.1) is 0 Å². The lowest BCUT2D eigenvalue weighted by atomic mass is 9.91. The molecule has 0 fully saturated rings. The van der Waals surface area contributed by atoms with Crippen LogP contribution in [0.3, 0.4) is 0 Å². The van der Waals surface area contributed by atoms with Crippen LogP contribution in [-0.4, -0.2) is 5.88 Å². The smallest absolute Gasteiger partial charge is 0.123 e. The third-order valence-corrected chi connectivity index (χ3v) is 3.89. The molecule has 0 bridgehead atoms. The molecule has 0 heterocycles. The van der Waals surface area contributed by atoms with Gasteiger partial charge in [-0.05, 0) is 54.3 Å². The summed E-state index contributed by atoms with van der Waals surface area (Å²) in [6.45, 7) is 1.98. The Bertz CT molecular complexity index is 566. The summed E-state index contributed by atoms with van der Waals surface area (Å²) in [5, 5.41) is 0.698. The molecule has 19 heavy (non-hydrogen) atoms. The zero-order valence-electron chi connectivity index (χ0n) is 10.7. The molecule has 0 aliphatic carbocycles. The normalized spacial score (nSPS) is 12.4. The van der Waals surface area contributed by atoms with Gasteiger partial charge in [0, 0.05) is 16.8 Å².